The van der Waals surface area contributed by atoms with Gasteiger partial charge in [0.05, 0.1) is 0 Å². The minimum atomic E-state index is -0.105. The van der Waals surface area contributed by atoms with Gasteiger partial charge < -0.3 is 10.6 Å². The molecule has 128 valence electrons. The SMILES string of the molecule is Cc1nccn1-c1cc(NCCNC(=O)c2ccc(Br)cc2)ncn1. The third-order valence-electron chi connectivity index (χ3n) is 3.55. The number of nitrogens with zero attached hydrogens (tertiary/aromatic N) is 4. The highest BCUT2D eigenvalue weighted by Gasteiger charge is 2.05. The lowest BCUT2D eigenvalue weighted by atomic mass is 10.2. The monoisotopic (exact) mass is 400 g/mol. The minimum absolute atomic E-state index is 0.105. The first-order chi connectivity index (χ1) is 12.1. The molecular formula is C17H17BrN6O. The molecule has 1 amide bonds. The van der Waals surface area contributed by atoms with Gasteiger partial charge >= 0.3 is 0 Å². The summed E-state index contributed by atoms with van der Waals surface area (Å²) in [4.78, 5) is 24.6. The minimum Gasteiger partial charge on any atom is -0.368 e. The third kappa shape index (κ3) is 4.42. The van der Waals surface area contributed by atoms with Gasteiger partial charge in [0.1, 0.15) is 23.8 Å². The van der Waals surface area contributed by atoms with Gasteiger partial charge in [0.2, 0.25) is 0 Å². The van der Waals surface area contributed by atoms with Gasteiger partial charge in [-0.2, -0.15) is 0 Å². The largest absolute Gasteiger partial charge is 0.368 e. The van der Waals surface area contributed by atoms with Crippen LogP contribution in [-0.2, 0) is 0 Å². The molecule has 2 heterocycles. The van der Waals surface area contributed by atoms with E-state index < -0.39 is 0 Å². The summed E-state index contributed by atoms with van der Waals surface area (Å²) in [6.07, 6.45) is 5.07. The van der Waals surface area contributed by atoms with Crippen molar-refractivity contribution in [3.05, 3.63) is 64.9 Å². The van der Waals surface area contributed by atoms with Crippen LogP contribution in [0, 0.1) is 6.92 Å². The van der Waals surface area contributed by atoms with E-state index in [1.165, 1.54) is 6.33 Å². The Hall–Kier alpha value is -2.74. The van der Waals surface area contributed by atoms with Crippen molar-refractivity contribution in [2.24, 2.45) is 0 Å². The number of halogens is 1. The number of rotatable bonds is 6. The van der Waals surface area contributed by atoms with Crippen LogP contribution in [0.15, 0.2) is 53.5 Å². The van der Waals surface area contributed by atoms with Crippen LogP contribution < -0.4 is 10.6 Å². The van der Waals surface area contributed by atoms with E-state index in [1.54, 1.807) is 18.3 Å². The van der Waals surface area contributed by atoms with Crippen LogP contribution in [0.25, 0.3) is 5.82 Å². The van der Waals surface area contributed by atoms with Crippen LogP contribution in [-0.4, -0.2) is 38.5 Å². The number of imidazole rings is 1. The van der Waals surface area contributed by atoms with Crippen LogP contribution in [0.4, 0.5) is 5.82 Å². The van der Waals surface area contributed by atoms with Crippen LogP contribution in [0.1, 0.15) is 16.2 Å². The van der Waals surface area contributed by atoms with Crippen LogP contribution >= 0.6 is 15.9 Å². The molecule has 0 saturated heterocycles. The number of hydrogen-bond donors (Lipinski definition) is 2. The lowest BCUT2D eigenvalue weighted by Gasteiger charge is -2.09. The molecule has 0 unspecified atom stereocenters. The first-order valence-corrected chi connectivity index (χ1v) is 8.53. The predicted molar refractivity (Wildman–Crippen MR) is 98.9 cm³/mol. The Bertz CT molecular complexity index is 862. The van der Waals surface area contributed by atoms with Gasteiger partial charge in [-0.25, -0.2) is 15.0 Å². The molecule has 0 saturated carbocycles. The second-order valence-electron chi connectivity index (χ2n) is 5.30. The van der Waals surface area contributed by atoms with E-state index in [-0.39, 0.29) is 5.91 Å². The summed E-state index contributed by atoms with van der Waals surface area (Å²) >= 11 is 3.35. The van der Waals surface area contributed by atoms with E-state index in [0.29, 0.717) is 24.5 Å². The maximum Gasteiger partial charge on any atom is 0.251 e. The van der Waals surface area contributed by atoms with Gasteiger partial charge in [-0.15, -0.1) is 0 Å². The van der Waals surface area contributed by atoms with Crippen molar-refractivity contribution >= 4 is 27.7 Å². The number of aryl methyl sites for hydroxylation is 1. The molecule has 25 heavy (non-hydrogen) atoms. The second kappa shape index (κ2) is 7.89. The van der Waals surface area contributed by atoms with E-state index in [9.17, 15) is 4.79 Å². The van der Waals surface area contributed by atoms with Crippen molar-refractivity contribution in [3.8, 4) is 5.82 Å². The Balaban J connectivity index is 1.52. The Kier molecular flexibility index (Phi) is 5.39. The number of aromatic nitrogens is 4. The second-order valence-corrected chi connectivity index (χ2v) is 6.21. The van der Waals surface area contributed by atoms with Gasteiger partial charge in [0.25, 0.3) is 5.91 Å². The summed E-state index contributed by atoms with van der Waals surface area (Å²) in [6.45, 7) is 2.95. The summed E-state index contributed by atoms with van der Waals surface area (Å²) < 4.78 is 2.82. The summed E-state index contributed by atoms with van der Waals surface area (Å²) in [7, 11) is 0. The first kappa shape index (κ1) is 17.1. The molecule has 0 bridgehead atoms. The molecule has 0 aliphatic carbocycles. The van der Waals surface area contributed by atoms with E-state index >= 15 is 0 Å². The van der Waals surface area contributed by atoms with E-state index in [0.717, 1.165) is 16.1 Å². The van der Waals surface area contributed by atoms with E-state index in [4.69, 9.17) is 0 Å². The number of carbonyl (C=O) groups excluding carboxylic acids is 1. The van der Waals surface area contributed by atoms with Gasteiger partial charge in [-0.3, -0.25) is 9.36 Å². The lowest BCUT2D eigenvalue weighted by Crippen LogP contribution is -2.28. The summed E-state index contributed by atoms with van der Waals surface area (Å²) in [5.41, 5.74) is 0.628. The summed E-state index contributed by atoms with van der Waals surface area (Å²) in [5.74, 6) is 2.18. The molecule has 3 rings (SSSR count). The predicted octanol–water partition coefficient (Wildman–Crippen LogP) is 2.58. The van der Waals surface area contributed by atoms with Crippen molar-refractivity contribution < 1.29 is 4.79 Å². The molecule has 0 spiro atoms. The van der Waals surface area contributed by atoms with Crippen LogP contribution in [0.3, 0.4) is 0 Å². The first-order valence-electron chi connectivity index (χ1n) is 7.73. The highest BCUT2D eigenvalue weighted by molar-refractivity contribution is 9.10. The average Bonchev–Trinajstić information content (AvgIpc) is 3.05. The number of anilines is 1. The smallest absolute Gasteiger partial charge is 0.251 e. The highest BCUT2D eigenvalue weighted by Crippen LogP contribution is 2.11. The number of amides is 1. The third-order valence-corrected chi connectivity index (χ3v) is 4.08. The molecule has 0 aliphatic heterocycles. The van der Waals surface area contributed by atoms with Gasteiger partial charge in [0.15, 0.2) is 0 Å². The molecule has 1 aromatic carbocycles. The fourth-order valence-corrected chi connectivity index (χ4v) is 2.53. The van der Waals surface area contributed by atoms with Crippen LogP contribution in [0.2, 0.25) is 0 Å². The molecule has 8 heteroatoms. The Morgan fingerprint density at radius 2 is 1.96 bits per heavy atom. The molecule has 2 N–H and O–H groups in total. The fraction of sp³-hybridized carbons (Fsp3) is 0.176. The van der Waals surface area contributed by atoms with Gasteiger partial charge in [0, 0.05) is 41.6 Å². The Morgan fingerprint density at radius 1 is 1.16 bits per heavy atom. The van der Waals surface area contributed by atoms with Crippen LogP contribution in [0.5, 0.6) is 0 Å². The molecule has 3 aromatic rings. The molecule has 2 aromatic heterocycles. The zero-order valence-corrected chi connectivity index (χ0v) is 15.2. The quantitative estimate of drug-likeness (QED) is 0.621. The normalized spacial score (nSPS) is 10.5. The number of carbonyl (C=O) groups is 1. The maximum absolute atomic E-state index is 12.0. The Morgan fingerprint density at radius 3 is 2.68 bits per heavy atom. The van der Waals surface area contributed by atoms with Crippen molar-refractivity contribution in [3.63, 3.8) is 0 Å². The molecule has 0 fully saturated rings. The topological polar surface area (TPSA) is 84.7 Å². The van der Waals surface area contributed by atoms with Gasteiger partial charge in [-0.05, 0) is 31.2 Å². The van der Waals surface area contributed by atoms with Gasteiger partial charge in [-0.1, -0.05) is 15.9 Å². The molecule has 0 radical (unpaired) electrons. The highest BCUT2D eigenvalue weighted by atomic mass is 79.9. The maximum atomic E-state index is 12.0. The number of hydrogen-bond acceptors (Lipinski definition) is 5. The van der Waals surface area contributed by atoms with Crippen molar-refractivity contribution in [1.29, 1.82) is 0 Å². The average molecular weight is 401 g/mol. The zero-order valence-electron chi connectivity index (χ0n) is 13.6. The fourth-order valence-electron chi connectivity index (χ4n) is 2.27. The molecule has 0 aliphatic rings. The van der Waals surface area contributed by atoms with E-state index in [1.807, 2.05) is 35.9 Å². The van der Waals surface area contributed by atoms with Crippen molar-refractivity contribution in [2.75, 3.05) is 18.4 Å². The summed E-state index contributed by atoms with van der Waals surface area (Å²) in [6, 6.07) is 9.07. The number of nitrogens with one attached hydrogen (secondary N) is 2. The standard InChI is InChI=1S/C17H17BrN6O/c1-12-19-8-9-24(12)16-10-15(22-11-23-16)20-6-7-21-17(25)13-2-4-14(18)5-3-13/h2-5,8-11H,6-7H2,1H3,(H,21,25)(H,20,22,23). The van der Waals surface area contributed by atoms with E-state index in [2.05, 4.69) is 41.5 Å². The van der Waals surface area contributed by atoms with Crippen molar-refractivity contribution in [2.45, 2.75) is 6.92 Å². The van der Waals surface area contributed by atoms with Crippen molar-refractivity contribution in [1.82, 2.24) is 24.8 Å². The summed E-state index contributed by atoms with van der Waals surface area (Å²) in [5, 5.41) is 6.04. The molecule has 7 nitrogen and oxygen atoms in total. The lowest BCUT2D eigenvalue weighted by molar-refractivity contribution is 0.0955. The molecular weight excluding hydrogens is 384 g/mol. The Labute approximate surface area is 153 Å². The number of benzene rings is 1. The zero-order chi connectivity index (χ0) is 17.6. The molecule has 0 atom stereocenters.